The highest BCUT2D eigenvalue weighted by Gasteiger charge is 2.16. The second-order valence-corrected chi connectivity index (χ2v) is 5.43. The monoisotopic (exact) mass is 312 g/mol. The lowest BCUT2D eigenvalue weighted by Crippen LogP contribution is -2.39. The average Bonchev–Trinajstić information content (AvgIpc) is 2.45. The van der Waals surface area contributed by atoms with Crippen molar-refractivity contribution in [3.63, 3.8) is 0 Å². The number of carboxylic acid groups (broad SMARTS) is 1. The summed E-state index contributed by atoms with van der Waals surface area (Å²) < 4.78 is 5.15. The minimum Gasteiger partial charge on any atom is -0.480 e. The van der Waals surface area contributed by atoms with E-state index in [1.165, 1.54) is 0 Å². The molecular formula is C14H20N2O4S. The fraction of sp³-hybridized carbons (Fsp3) is 0.429. The summed E-state index contributed by atoms with van der Waals surface area (Å²) >= 11 is 1.66. The SMILES string of the molecule is CSCC(C)N(C)C(=O)Nc1ccccc1OCC(=O)O. The number of anilines is 1. The standard InChI is InChI=1S/C14H20N2O4S/c1-10(9-21-3)16(2)14(19)15-11-6-4-5-7-12(11)20-8-13(17)18/h4-7,10H,8-9H2,1-3H3,(H,15,19)(H,17,18). The number of nitrogens with zero attached hydrogens (tertiary/aromatic N) is 1. The van der Waals surface area contributed by atoms with Gasteiger partial charge in [0.05, 0.1) is 5.69 Å². The zero-order valence-corrected chi connectivity index (χ0v) is 13.1. The Hall–Kier alpha value is -1.89. The zero-order valence-electron chi connectivity index (χ0n) is 12.3. The number of rotatable bonds is 7. The Morgan fingerprint density at radius 2 is 2.10 bits per heavy atom. The van der Waals surface area contributed by atoms with E-state index in [0.717, 1.165) is 5.75 Å². The zero-order chi connectivity index (χ0) is 15.8. The number of carbonyl (C=O) groups excluding carboxylic acids is 1. The van der Waals surface area contributed by atoms with E-state index >= 15 is 0 Å². The smallest absolute Gasteiger partial charge is 0.341 e. The summed E-state index contributed by atoms with van der Waals surface area (Å²) in [6.45, 7) is 1.51. The van der Waals surface area contributed by atoms with Gasteiger partial charge in [0, 0.05) is 18.8 Å². The molecule has 0 aliphatic rings. The van der Waals surface area contributed by atoms with Crippen LogP contribution in [0.1, 0.15) is 6.92 Å². The average molecular weight is 312 g/mol. The quantitative estimate of drug-likeness (QED) is 0.808. The van der Waals surface area contributed by atoms with Gasteiger partial charge < -0.3 is 20.1 Å². The number of hydrogen-bond acceptors (Lipinski definition) is 4. The molecule has 2 N–H and O–H groups in total. The van der Waals surface area contributed by atoms with Gasteiger partial charge in [0.2, 0.25) is 0 Å². The van der Waals surface area contributed by atoms with E-state index in [9.17, 15) is 9.59 Å². The van der Waals surface area contributed by atoms with Crippen molar-refractivity contribution >= 4 is 29.4 Å². The van der Waals surface area contributed by atoms with Crippen LogP contribution in [0.25, 0.3) is 0 Å². The highest BCUT2D eigenvalue weighted by molar-refractivity contribution is 7.98. The first-order chi connectivity index (χ1) is 9.95. The lowest BCUT2D eigenvalue weighted by molar-refractivity contribution is -0.139. The molecule has 0 fully saturated rings. The van der Waals surface area contributed by atoms with Gasteiger partial charge in [0.15, 0.2) is 6.61 Å². The molecule has 0 saturated heterocycles. The first-order valence-electron chi connectivity index (χ1n) is 6.42. The molecule has 1 unspecified atom stereocenters. The molecule has 0 aromatic heterocycles. The van der Waals surface area contributed by atoms with Crippen molar-refractivity contribution in [2.75, 3.05) is 31.0 Å². The molecule has 2 amide bonds. The van der Waals surface area contributed by atoms with E-state index in [4.69, 9.17) is 9.84 Å². The third-order valence-corrected chi connectivity index (χ3v) is 3.68. The molecule has 1 aromatic rings. The van der Waals surface area contributed by atoms with Crippen molar-refractivity contribution in [3.05, 3.63) is 24.3 Å². The molecule has 0 radical (unpaired) electrons. The molecular weight excluding hydrogens is 292 g/mol. The topological polar surface area (TPSA) is 78.9 Å². The van der Waals surface area contributed by atoms with Crippen molar-refractivity contribution in [2.45, 2.75) is 13.0 Å². The number of benzene rings is 1. The third-order valence-electron chi connectivity index (χ3n) is 2.87. The van der Waals surface area contributed by atoms with Gasteiger partial charge in [-0.05, 0) is 25.3 Å². The number of carbonyl (C=O) groups is 2. The van der Waals surface area contributed by atoms with Gasteiger partial charge >= 0.3 is 12.0 Å². The molecule has 0 aliphatic heterocycles. The normalized spacial score (nSPS) is 11.6. The lowest BCUT2D eigenvalue weighted by Gasteiger charge is -2.25. The van der Waals surface area contributed by atoms with Crippen molar-refractivity contribution in [1.29, 1.82) is 0 Å². The molecule has 6 nitrogen and oxygen atoms in total. The first-order valence-corrected chi connectivity index (χ1v) is 7.81. The van der Waals surface area contributed by atoms with Crippen LogP contribution in [0, 0.1) is 0 Å². The predicted octanol–water partition coefficient (Wildman–Crippen LogP) is 2.37. The van der Waals surface area contributed by atoms with Gasteiger partial charge in [-0.25, -0.2) is 9.59 Å². The van der Waals surface area contributed by atoms with Crippen LogP contribution in [0.2, 0.25) is 0 Å². The Labute approximate surface area is 128 Å². The minimum absolute atomic E-state index is 0.0899. The number of para-hydroxylation sites is 2. The number of urea groups is 1. The minimum atomic E-state index is -1.07. The molecule has 0 spiro atoms. The maximum atomic E-state index is 12.2. The molecule has 0 saturated carbocycles. The van der Waals surface area contributed by atoms with E-state index in [1.807, 2.05) is 13.2 Å². The Balaban J connectivity index is 2.73. The molecule has 1 rings (SSSR count). The van der Waals surface area contributed by atoms with Crippen LogP contribution in [0.15, 0.2) is 24.3 Å². The summed E-state index contributed by atoms with van der Waals surface area (Å²) in [5.74, 6) is 0.0992. The largest absolute Gasteiger partial charge is 0.480 e. The second-order valence-electron chi connectivity index (χ2n) is 4.52. The van der Waals surface area contributed by atoms with E-state index in [0.29, 0.717) is 11.4 Å². The van der Waals surface area contributed by atoms with Gasteiger partial charge in [0.25, 0.3) is 0 Å². The van der Waals surface area contributed by atoms with E-state index in [2.05, 4.69) is 5.32 Å². The number of thioether (sulfide) groups is 1. The number of aliphatic carboxylic acids is 1. The Morgan fingerprint density at radius 3 is 2.71 bits per heavy atom. The van der Waals surface area contributed by atoms with E-state index in [1.54, 1.807) is 48.0 Å². The molecule has 0 aliphatic carbocycles. The van der Waals surface area contributed by atoms with E-state index in [-0.39, 0.29) is 12.1 Å². The number of nitrogens with one attached hydrogen (secondary N) is 1. The maximum absolute atomic E-state index is 12.2. The van der Waals surface area contributed by atoms with Crippen LogP contribution in [0.5, 0.6) is 5.75 Å². The molecule has 7 heteroatoms. The predicted molar refractivity (Wildman–Crippen MR) is 84.2 cm³/mol. The number of hydrogen-bond donors (Lipinski definition) is 2. The molecule has 1 atom stereocenters. The van der Waals surface area contributed by atoms with Crippen LogP contribution in [0.4, 0.5) is 10.5 Å². The van der Waals surface area contributed by atoms with Crippen molar-refractivity contribution in [1.82, 2.24) is 4.90 Å². The Bertz CT molecular complexity index is 496. The van der Waals surface area contributed by atoms with Crippen LogP contribution < -0.4 is 10.1 Å². The lowest BCUT2D eigenvalue weighted by atomic mass is 10.3. The van der Waals surface area contributed by atoms with Crippen LogP contribution in [-0.2, 0) is 4.79 Å². The summed E-state index contributed by atoms with van der Waals surface area (Å²) in [7, 11) is 1.72. The molecule has 116 valence electrons. The van der Waals surface area contributed by atoms with E-state index < -0.39 is 12.6 Å². The van der Waals surface area contributed by atoms with Crippen LogP contribution in [-0.4, -0.2) is 53.7 Å². The summed E-state index contributed by atoms with van der Waals surface area (Å²) in [6.07, 6.45) is 1.98. The fourth-order valence-corrected chi connectivity index (χ4v) is 2.30. The number of amides is 2. The molecule has 0 bridgehead atoms. The maximum Gasteiger partial charge on any atom is 0.341 e. The molecule has 21 heavy (non-hydrogen) atoms. The van der Waals surface area contributed by atoms with Gasteiger partial charge in [-0.15, -0.1) is 0 Å². The summed E-state index contributed by atoms with van der Waals surface area (Å²) in [4.78, 5) is 24.3. The number of carboxylic acids is 1. The Morgan fingerprint density at radius 1 is 1.43 bits per heavy atom. The van der Waals surface area contributed by atoms with Crippen molar-refractivity contribution < 1.29 is 19.4 Å². The number of ether oxygens (including phenoxy) is 1. The fourth-order valence-electron chi connectivity index (χ4n) is 1.59. The molecule has 1 aromatic carbocycles. The van der Waals surface area contributed by atoms with Gasteiger partial charge in [-0.3, -0.25) is 0 Å². The summed E-state index contributed by atoms with van der Waals surface area (Å²) in [5, 5.41) is 11.4. The highest BCUT2D eigenvalue weighted by atomic mass is 32.2. The second kappa shape index (κ2) is 8.41. The summed E-state index contributed by atoms with van der Waals surface area (Å²) in [5.41, 5.74) is 0.451. The van der Waals surface area contributed by atoms with Crippen LogP contribution >= 0.6 is 11.8 Å². The molecule has 0 heterocycles. The first kappa shape index (κ1) is 17.2. The Kier molecular flexibility index (Phi) is 6.87. The highest BCUT2D eigenvalue weighted by Crippen LogP contribution is 2.24. The van der Waals surface area contributed by atoms with Crippen molar-refractivity contribution in [3.8, 4) is 5.75 Å². The van der Waals surface area contributed by atoms with Gasteiger partial charge in [0.1, 0.15) is 5.75 Å². The van der Waals surface area contributed by atoms with Crippen molar-refractivity contribution in [2.24, 2.45) is 0 Å². The van der Waals surface area contributed by atoms with Gasteiger partial charge in [-0.1, -0.05) is 12.1 Å². The summed E-state index contributed by atoms with van der Waals surface area (Å²) in [6, 6.07) is 6.57. The third kappa shape index (κ3) is 5.55. The van der Waals surface area contributed by atoms with Crippen LogP contribution in [0.3, 0.4) is 0 Å². The van der Waals surface area contributed by atoms with Gasteiger partial charge in [-0.2, -0.15) is 11.8 Å².